The van der Waals surface area contributed by atoms with Crippen molar-refractivity contribution in [3.8, 4) is 0 Å². The zero-order valence-corrected chi connectivity index (χ0v) is 8.37. The molecule has 1 rings (SSSR count). The van der Waals surface area contributed by atoms with E-state index in [9.17, 15) is 9.00 Å². The Kier molecular flexibility index (Phi) is 3.38. The van der Waals surface area contributed by atoms with Gasteiger partial charge in [-0.3, -0.25) is 0 Å². The number of aryl methyl sites for hydroxylation is 1. The molecule has 0 aromatic heterocycles. The topological polar surface area (TPSA) is 74.6 Å². The van der Waals surface area contributed by atoms with Crippen molar-refractivity contribution in [3.05, 3.63) is 29.3 Å². The minimum absolute atomic E-state index is 0.0274. The van der Waals surface area contributed by atoms with Crippen LogP contribution < -0.4 is 0 Å². The molecule has 0 heterocycles. The lowest BCUT2D eigenvalue weighted by Gasteiger charge is -2.04. The Hall–Kier alpha value is -1.20. The van der Waals surface area contributed by atoms with Crippen LogP contribution in [0.25, 0.3) is 0 Å². The molecule has 0 amide bonds. The molecule has 1 unspecified atom stereocenters. The maximum Gasteiger partial charge on any atom is 0.335 e. The summed E-state index contributed by atoms with van der Waals surface area (Å²) < 4.78 is 19.8. The van der Waals surface area contributed by atoms with Crippen molar-refractivity contribution < 1.29 is 18.7 Å². The Bertz CT molecular complexity index is 386. The quantitative estimate of drug-likeness (QED) is 0.748. The van der Waals surface area contributed by atoms with Crippen molar-refractivity contribution in [2.45, 2.75) is 18.2 Å². The minimum atomic E-state index is -2.13. The zero-order chi connectivity index (χ0) is 10.7. The van der Waals surface area contributed by atoms with Crippen LogP contribution >= 0.6 is 0 Å². The number of aromatic carboxylic acids is 1. The van der Waals surface area contributed by atoms with Crippen molar-refractivity contribution in [3.63, 3.8) is 0 Å². The normalized spacial score (nSPS) is 12.4. The monoisotopic (exact) mass is 214 g/mol. The van der Waals surface area contributed by atoms with E-state index >= 15 is 0 Å². The lowest BCUT2D eigenvalue weighted by molar-refractivity contribution is 0.0696. The minimum Gasteiger partial charge on any atom is -0.478 e. The predicted octanol–water partition coefficient (Wildman–Crippen LogP) is 1.53. The molecule has 0 fully saturated rings. The maximum absolute atomic E-state index is 10.9. The number of benzene rings is 1. The molecule has 0 radical (unpaired) electrons. The fourth-order valence-corrected chi connectivity index (χ4v) is 1.81. The van der Waals surface area contributed by atoms with Crippen LogP contribution in [-0.2, 0) is 17.5 Å². The van der Waals surface area contributed by atoms with Gasteiger partial charge in [-0.2, -0.15) is 0 Å². The van der Waals surface area contributed by atoms with Crippen molar-refractivity contribution in [1.82, 2.24) is 0 Å². The van der Waals surface area contributed by atoms with Gasteiger partial charge in [0.2, 0.25) is 0 Å². The van der Waals surface area contributed by atoms with E-state index in [0.29, 0.717) is 12.0 Å². The van der Waals surface area contributed by atoms with Crippen molar-refractivity contribution in [2.75, 3.05) is 0 Å². The standard InChI is InChI=1S/C9H10O4S/c1-2-6-3-4-7(9(10)11)5-8(6)14(12)13/h3-5H,2H2,1H3,(H,10,11)(H,12,13). The average molecular weight is 214 g/mol. The molecule has 0 aliphatic rings. The highest BCUT2D eigenvalue weighted by atomic mass is 32.2. The first-order chi connectivity index (χ1) is 6.56. The largest absolute Gasteiger partial charge is 0.478 e. The van der Waals surface area contributed by atoms with Gasteiger partial charge in [0.25, 0.3) is 0 Å². The summed E-state index contributed by atoms with van der Waals surface area (Å²) in [6, 6.07) is 4.22. The van der Waals surface area contributed by atoms with Gasteiger partial charge >= 0.3 is 5.97 Å². The average Bonchev–Trinajstić information content (AvgIpc) is 2.16. The molecular weight excluding hydrogens is 204 g/mol. The molecule has 1 atom stereocenters. The summed E-state index contributed by atoms with van der Waals surface area (Å²) in [5.41, 5.74) is 0.718. The molecule has 4 nitrogen and oxygen atoms in total. The smallest absolute Gasteiger partial charge is 0.335 e. The van der Waals surface area contributed by atoms with E-state index < -0.39 is 17.0 Å². The van der Waals surface area contributed by atoms with Crippen LogP contribution in [0.1, 0.15) is 22.8 Å². The number of carboxylic acid groups (broad SMARTS) is 1. The second kappa shape index (κ2) is 4.34. The van der Waals surface area contributed by atoms with E-state index in [1.807, 2.05) is 6.92 Å². The molecule has 0 saturated carbocycles. The van der Waals surface area contributed by atoms with Gasteiger partial charge in [-0.25, -0.2) is 9.00 Å². The lowest BCUT2D eigenvalue weighted by Crippen LogP contribution is -2.01. The Balaban J connectivity index is 3.27. The van der Waals surface area contributed by atoms with Crippen LogP contribution in [0.2, 0.25) is 0 Å². The molecule has 0 spiro atoms. The summed E-state index contributed by atoms with van der Waals surface area (Å²) in [6.07, 6.45) is 0.599. The van der Waals surface area contributed by atoms with E-state index in [4.69, 9.17) is 9.66 Å². The van der Waals surface area contributed by atoms with Gasteiger partial charge in [0.15, 0.2) is 11.1 Å². The second-order valence-electron chi connectivity index (χ2n) is 2.73. The van der Waals surface area contributed by atoms with Crippen LogP contribution in [0, 0.1) is 0 Å². The van der Waals surface area contributed by atoms with E-state index in [0.717, 1.165) is 0 Å². The van der Waals surface area contributed by atoms with Gasteiger partial charge < -0.3 is 9.66 Å². The van der Waals surface area contributed by atoms with E-state index in [1.165, 1.54) is 12.1 Å². The SMILES string of the molecule is CCc1ccc(C(=O)O)cc1S(=O)O. The van der Waals surface area contributed by atoms with Gasteiger partial charge in [-0.05, 0) is 24.1 Å². The number of carboxylic acids is 1. The number of rotatable bonds is 3. The summed E-state index contributed by atoms with van der Waals surface area (Å²) in [5.74, 6) is -1.10. The molecule has 2 N–H and O–H groups in total. The van der Waals surface area contributed by atoms with Gasteiger partial charge in [-0.15, -0.1) is 0 Å². The van der Waals surface area contributed by atoms with Crippen LogP contribution in [-0.4, -0.2) is 19.8 Å². The third-order valence-corrected chi connectivity index (χ3v) is 2.64. The lowest BCUT2D eigenvalue weighted by atomic mass is 10.1. The Morgan fingerprint density at radius 2 is 2.14 bits per heavy atom. The van der Waals surface area contributed by atoms with Crippen LogP contribution in [0.4, 0.5) is 0 Å². The van der Waals surface area contributed by atoms with Crippen molar-refractivity contribution in [1.29, 1.82) is 0 Å². The van der Waals surface area contributed by atoms with E-state index in [2.05, 4.69) is 0 Å². The Morgan fingerprint density at radius 3 is 2.57 bits per heavy atom. The van der Waals surface area contributed by atoms with Gasteiger partial charge in [0.05, 0.1) is 10.5 Å². The maximum atomic E-state index is 10.9. The zero-order valence-electron chi connectivity index (χ0n) is 7.56. The molecule has 14 heavy (non-hydrogen) atoms. The second-order valence-corrected chi connectivity index (χ2v) is 3.67. The third-order valence-electron chi connectivity index (χ3n) is 1.88. The third kappa shape index (κ3) is 2.18. The van der Waals surface area contributed by atoms with Gasteiger partial charge in [0.1, 0.15) is 0 Å². The molecule has 5 heteroatoms. The molecule has 76 valence electrons. The molecule has 0 saturated heterocycles. The van der Waals surface area contributed by atoms with Crippen molar-refractivity contribution >= 4 is 17.0 Å². The molecule has 1 aromatic carbocycles. The summed E-state index contributed by atoms with van der Waals surface area (Å²) in [7, 11) is 0. The first-order valence-corrected chi connectivity index (χ1v) is 5.14. The molecule has 0 bridgehead atoms. The van der Waals surface area contributed by atoms with Crippen LogP contribution in [0.3, 0.4) is 0 Å². The Labute approximate surface area is 83.9 Å². The molecule has 0 aliphatic heterocycles. The van der Waals surface area contributed by atoms with Crippen molar-refractivity contribution in [2.24, 2.45) is 0 Å². The highest BCUT2D eigenvalue weighted by molar-refractivity contribution is 7.79. The summed E-state index contributed by atoms with van der Waals surface area (Å²) in [6.45, 7) is 1.84. The van der Waals surface area contributed by atoms with Crippen LogP contribution in [0.5, 0.6) is 0 Å². The van der Waals surface area contributed by atoms with Gasteiger partial charge in [-0.1, -0.05) is 13.0 Å². The fraction of sp³-hybridized carbons (Fsp3) is 0.222. The van der Waals surface area contributed by atoms with Gasteiger partial charge in [0, 0.05) is 0 Å². The summed E-state index contributed by atoms with van der Waals surface area (Å²) in [5, 5.41) is 8.67. The highest BCUT2D eigenvalue weighted by Crippen LogP contribution is 2.16. The number of hydrogen-bond acceptors (Lipinski definition) is 2. The van der Waals surface area contributed by atoms with Crippen LogP contribution in [0.15, 0.2) is 23.1 Å². The summed E-state index contributed by atoms with van der Waals surface area (Å²) >= 11 is -2.13. The first-order valence-electron chi connectivity index (χ1n) is 4.03. The Morgan fingerprint density at radius 1 is 1.50 bits per heavy atom. The molecule has 1 aromatic rings. The first kappa shape index (κ1) is 10.9. The molecule has 0 aliphatic carbocycles. The van der Waals surface area contributed by atoms with E-state index in [1.54, 1.807) is 6.07 Å². The summed E-state index contributed by atoms with van der Waals surface area (Å²) in [4.78, 5) is 10.8. The fourth-order valence-electron chi connectivity index (χ4n) is 1.14. The number of hydrogen-bond donors (Lipinski definition) is 2. The molecular formula is C9H10O4S. The highest BCUT2D eigenvalue weighted by Gasteiger charge is 2.10. The van der Waals surface area contributed by atoms with E-state index in [-0.39, 0.29) is 10.5 Å². The number of carbonyl (C=O) groups is 1. The predicted molar refractivity (Wildman–Crippen MR) is 51.8 cm³/mol.